The van der Waals surface area contributed by atoms with E-state index in [0.717, 1.165) is 5.69 Å². The number of hydrogen-bond acceptors (Lipinski definition) is 5. The van der Waals surface area contributed by atoms with Crippen molar-refractivity contribution in [2.45, 2.75) is 25.5 Å². The minimum atomic E-state index is 0.0435. The van der Waals surface area contributed by atoms with Gasteiger partial charge in [-0.15, -0.1) is 5.10 Å². The number of hydrazine groups is 1. The molecule has 0 bridgehead atoms. The Balaban J connectivity index is 2.56. The molecule has 2 unspecified atom stereocenters. The van der Waals surface area contributed by atoms with E-state index in [9.17, 15) is 0 Å². The fourth-order valence-electron chi connectivity index (χ4n) is 1.24. The molecule has 1 aromatic heterocycles. The summed E-state index contributed by atoms with van der Waals surface area (Å²) < 4.78 is 6.85. The Morgan fingerprint density at radius 2 is 2.43 bits per heavy atom. The Hall–Kier alpha value is -0.980. The predicted molar refractivity (Wildman–Crippen MR) is 52.3 cm³/mol. The Kier molecular flexibility index (Phi) is 3.99. The first-order valence-electron chi connectivity index (χ1n) is 4.51. The van der Waals surface area contributed by atoms with E-state index in [2.05, 4.69) is 15.7 Å². The summed E-state index contributed by atoms with van der Waals surface area (Å²) in [6.45, 7) is 1.96. The van der Waals surface area contributed by atoms with Gasteiger partial charge in [0.25, 0.3) is 0 Å². The number of aromatic nitrogens is 3. The van der Waals surface area contributed by atoms with E-state index in [1.54, 1.807) is 11.8 Å². The molecule has 14 heavy (non-hydrogen) atoms. The Labute approximate surface area is 83.4 Å². The third-order valence-electron chi connectivity index (χ3n) is 2.23. The van der Waals surface area contributed by atoms with Crippen LogP contribution in [0.2, 0.25) is 0 Å². The number of nitrogens with two attached hydrogens (primary N) is 1. The van der Waals surface area contributed by atoms with Crippen molar-refractivity contribution in [3.05, 3.63) is 11.9 Å². The number of methoxy groups -OCH3 is 1. The molecule has 1 rings (SSSR count). The first-order chi connectivity index (χ1) is 6.67. The number of nitrogens with one attached hydrogen (secondary N) is 1. The molecule has 1 heterocycles. The molecule has 0 saturated carbocycles. The van der Waals surface area contributed by atoms with Gasteiger partial charge in [0.05, 0.1) is 17.8 Å². The van der Waals surface area contributed by atoms with Crippen molar-refractivity contribution < 1.29 is 4.74 Å². The summed E-state index contributed by atoms with van der Waals surface area (Å²) >= 11 is 0. The molecule has 6 nitrogen and oxygen atoms in total. The van der Waals surface area contributed by atoms with E-state index < -0.39 is 0 Å². The van der Waals surface area contributed by atoms with E-state index in [1.807, 2.05) is 20.2 Å². The maximum Gasteiger partial charge on any atom is 0.0844 e. The predicted octanol–water partition coefficient (Wildman–Crippen LogP) is -0.776. The largest absolute Gasteiger partial charge is 0.380 e. The van der Waals surface area contributed by atoms with Crippen molar-refractivity contribution in [1.82, 2.24) is 20.4 Å². The zero-order valence-corrected chi connectivity index (χ0v) is 8.77. The van der Waals surface area contributed by atoms with Crippen LogP contribution in [-0.2, 0) is 18.2 Å². The molecule has 1 aromatic rings. The minimum absolute atomic E-state index is 0.0435. The van der Waals surface area contributed by atoms with E-state index in [4.69, 9.17) is 10.6 Å². The number of nitrogens with zero attached hydrogens (tertiary/aromatic N) is 3. The van der Waals surface area contributed by atoms with Gasteiger partial charge in [-0.05, 0) is 6.92 Å². The monoisotopic (exact) mass is 199 g/mol. The molecule has 2 atom stereocenters. The molecular formula is C8H17N5O. The summed E-state index contributed by atoms with van der Waals surface area (Å²) in [5.41, 5.74) is 3.61. The van der Waals surface area contributed by atoms with Crippen LogP contribution in [0.5, 0.6) is 0 Å². The molecule has 0 radical (unpaired) electrons. The molecule has 6 heteroatoms. The summed E-state index contributed by atoms with van der Waals surface area (Å²) in [7, 11) is 3.49. The first kappa shape index (κ1) is 11.1. The molecule has 0 aliphatic rings. The fourth-order valence-corrected chi connectivity index (χ4v) is 1.24. The SMILES string of the molecule is COC(C)C(Cc1cn(C)nn1)NN. The Morgan fingerprint density at radius 1 is 1.71 bits per heavy atom. The van der Waals surface area contributed by atoms with E-state index in [1.165, 1.54) is 0 Å². The van der Waals surface area contributed by atoms with Crippen LogP contribution in [0.25, 0.3) is 0 Å². The van der Waals surface area contributed by atoms with Gasteiger partial charge >= 0.3 is 0 Å². The number of ether oxygens (including phenoxy) is 1. The summed E-state index contributed by atoms with van der Waals surface area (Å²) in [6, 6.07) is 0.0525. The summed E-state index contributed by atoms with van der Waals surface area (Å²) in [5, 5.41) is 7.83. The molecule has 80 valence electrons. The second-order valence-electron chi connectivity index (χ2n) is 3.30. The van der Waals surface area contributed by atoms with Crippen molar-refractivity contribution in [3.63, 3.8) is 0 Å². The van der Waals surface area contributed by atoms with Gasteiger partial charge in [-0.25, -0.2) is 0 Å². The normalized spacial score (nSPS) is 15.4. The molecule has 0 aromatic carbocycles. The number of hydrogen-bond donors (Lipinski definition) is 2. The fraction of sp³-hybridized carbons (Fsp3) is 0.750. The molecule has 3 N–H and O–H groups in total. The van der Waals surface area contributed by atoms with Gasteiger partial charge in [-0.2, -0.15) is 0 Å². The van der Waals surface area contributed by atoms with Crippen LogP contribution >= 0.6 is 0 Å². The highest BCUT2D eigenvalue weighted by Crippen LogP contribution is 2.03. The van der Waals surface area contributed by atoms with Crippen molar-refractivity contribution in [1.29, 1.82) is 0 Å². The minimum Gasteiger partial charge on any atom is -0.380 e. The van der Waals surface area contributed by atoms with Crippen LogP contribution in [0.1, 0.15) is 12.6 Å². The molecule has 0 aliphatic carbocycles. The zero-order chi connectivity index (χ0) is 10.6. The van der Waals surface area contributed by atoms with Gasteiger partial charge in [0.1, 0.15) is 0 Å². The number of rotatable bonds is 5. The molecule has 0 aliphatic heterocycles. The lowest BCUT2D eigenvalue weighted by atomic mass is 10.1. The highest BCUT2D eigenvalue weighted by atomic mass is 16.5. The van der Waals surface area contributed by atoms with Gasteiger partial charge < -0.3 is 4.74 Å². The van der Waals surface area contributed by atoms with Crippen molar-refractivity contribution in [2.24, 2.45) is 12.9 Å². The lowest BCUT2D eigenvalue weighted by molar-refractivity contribution is 0.0828. The standard InChI is InChI=1S/C8H17N5O/c1-6(14-3)8(10-9)4-7-5-13(2)12-11-7/h5-6,8,10H,4,9H2,1-3H3. The molecule has 0 amide bonds. The van der Waals surface area contributed by atoms with Crippen LogP contribution in [0, 0.1) is 0 Å². The van der Waals surface area contributed by atoms with Gasteiger partial charge in [-0.3, -0.25) is 16.0 Å². The third-order valence-corrected chi connectivity index (χ3v) is 2.23. The Bertz CT molecular complexity index is 274. The second kappa shape index (κ2) is 5.04. The second-order valence-corrected chi connectivity index (χ2v) is 3.30. The number of aryl methyl sites for hydroxylation is 1. The topological polar surface area (TPSA) is 78.0 Å². The van der Waals surface area contributed by atoms with Crippen LogP contribution in [0.15, 0.2) is 6.20 Å². The summed E-state index contributed by atoms with van der Waals surface area (Å²) in [6.07, 6.45) is 2.62. The van der Waals surface area contributed by atoms with E-state index in [-0.39, 0.29) is 12.1 Å². The highest BCUT2D eigenvalue weighted by molar-refractivity contribution is 4.96. The van der Waals surface area contributed by atoms with Crippen molar-refractivity contribution >= 4 is 0 Å². The van der Waals surface area contributed by atoms with Crippen LogP contribution in [0.4, 0.5) is 0 Å². The highest BCUT2D eigenvalue weighted by Gasteiger charge is 2.17. The molecule has 0 spiro atoms. The molecule has 0 fully saturated rings. The maximum atomic E-state index is 5.42. The van der Waals surface area contributed by atoms with Crippen LogP contribution in [-0.4, -0.2) is 34.2 Å². The molecular weight excluding hydrogens is 182 g/mol. The van der Waals surface area contributed by atoms with Crippen molar-refractivity contribution in [2.75, 3.05) is 7.11 Å². The van der Waals surface area contributed by atoms with Crippen molar-refractivity contribution in [3.8, 4) is 0 Å². The lowest BCUT2D eigenvalue weighted by Gasteiger charge is -2.20. The van der Waals surface area contributed by atoms with Gasteiger partial charge in [0.15, 0.2) is 0 Å². The molecule has 0 saturated heterocycles. The van der Waals surface area contributed by atoms with Crippen LogP contribution in [0.3, 0.4) is 0 Å². The third kappa shape index (κ3) is 2.76. The van der Waals surface area contributed by atoms with Gasteiger partial charge in [0.2, 0.25) is 0 Å². The van der Waals surface area contributed by atoms with E-state index >= 15 is 0 Å². The summed E-state index contributed by atoms with van der Waals surface area (Å²) in [4.78, 5) is 0. The maximum absolute atomic E-state index is 5.42. The van der Waals surface area contributed by atoms with E-state index in [0.29, 0.717) is 6.42 Å². The van der Waals surface area contributed by atoms with Crippen LogP contribution < -0.4 is 11.3 Å². The lowest BCUT2D eigenvalue weighted by Crippen LogP contribution is -2.45. The Morgan fingerprint density at radius 3 is 2.86 bits per heavy atom. The van der Waals surface area contributed by atoms with Gasteiger partial charge in [-0.1, -0.05) is 5.21 Å². The zero-order valence-electron chi connectivity index (χ0n) is 8.77. The quantitative estimate of drug-likeness (QED) is 0.480. The smallest absolute Gasteiger partial charge is 0.0844 e. The average Bonchev–Trinajstić information content (AvgIpc) is 2.59. The first-order valence-corrected chi connectivity index (χ1v) is 4.51. The summed E-state index contributed by atoms with van der Waals surface area (Å²) in [5.74, 6) is 5.42. The average molecular weight is 199 g/mol. The van der Waals surface area contributed by atoms with Gasteiger partial charge in [0, 0.05) is 26.8 Å².